The van der Waals surface area contributed by atoms with Gasteiger partial charge in [-0.1, -0.05) is 36.2 Å². The third kappa shape index (κ3) is 9.39. The van der Waals surface area contributed by atoms with Crippen LogP contribution in [0.15, 0.2) is 42.5 Å². The second kappa shape index (κ2) is 14.4. The fourth-order valence-corrected chi connectivity index (χ4v) is 4.98. The molecule has 0 heterocycles. The predicted octanol–water partition coefficient (Wildman–Crippen LogP) is 4.88. The summed E-state index contributed by atoms with van der Waals surface area (Å²) < 4.78 is 31.6. The molecule has 2 aromatic rings. The van der Waals surface area contributed by atoms with E-state index in [0.29, 0.717) is 34.6 Å². The van der Waals surface area contributed by atoms with Crippen LogP contribution in [0.3, 0.4) is 0 Å². The zero-order valence-corrected chi connectivity index (χ0v) is 24.0. The summed E-state index contributed by atoms with van der Waals surface area (Å²) in [4.78, 5) is 27.5. The molecule has 0 saturated carbocycles. The molecule has 8 nitrogen and oxygen atoms in total. The van der Waals surface area contributed by atoms with E-state index in [2.05, 4.69) is 5.32 Å². The summed E-state index contributed by atoms with van der Waals surface area (Å²) in [6.07, 6.45) is 2.21. The number of amides is 2. The first-order valence-corrected chi connectivity index (χ1v) is 14.8. The second-order valence-corrected chi connectivity index (χ2v) is 11.3. The quantitative estimate of drug-likeness (QED) is 0.348. The summed E-state index contributed by atoms with van der Waals surface area (Å²) in [5.74, 6) is 0.107. The van der Waals surface area contributed by atoms with Crippen LogP contribution in [0.2, 0.25) is 10.0 Å². The van der Waals surface area contributed by atoms with Crippen LogP contribution in [0, 0.1) is 0 Å². The Morgan fingerprint density at radius 1 is 1.05 bits per heavy atom. The van der Waals surface area contributed by atoms with Gasteiger partial charge in [-0.05, 0) is 68.7 Å². The van der Waals surface area contributed by atoms with Crippen LogP contribution in [-0.2, 0) is 26.2 Å². The highest BCUT2D eigenvalue weighted by molar-refractivity contribution is 7.92. The highest BCUT2D eigenvalue weighted by atomic mass is 35.5. The van der Waals surface area contributed by atoms with Crippen molar-refractivity contribution in [2.45, 2.75) is 52.6 Å². The van der Waals surface area contributed by atoms with Gasteiger partial charge in [-0.25, -0.2) is 8.42 Å². The maximum atomic E-state index is 13.3. The number of hydrogen-bond donors (Lipinski definition) is 1. The molecule has 2 amide bonds. The second-order valence-electron chi connectivity index (χ2n) is 8.60. The fourth-order valence-electron chi connectivity index (χ4n) is 3.69. The van der Waals surface area contributed by atoms with Gasteiger partial charge in [-0.3, -0.25) is 13.9 Å². The third-order valence-electron chi connectivity index (χ3n) is 5.64. The van der Waals surface area contributed by atoms with Crippen LogP contribution in [-0.4, -0.2) is 57.1 Å². The van der Waals surface area contributed by atoms with E-state index in [4.69, 9.17) is 27.9 Å². The molecule has 11 heteroatoms. The first-order chi connectivity index (χ1) is 17.5. The Hall–Kier alpha value is -2.49. The maximum absolute atomic E-state index is 13.3. The van der Waals surface area contributed by atoms with Gasteiger partial charge in [0.1, 0.15) is 11.8 Å². The summed E-state index contributed by atoms with van der Waals surface area (Å²) in [5, 5.41) is 3.58. The number of benzene rings is 2. The number of carbonyl (C=O) groups is 2. The number of rotatable bonds is 14. The van der Waals surface area contributed by atoms with Crippen LogP contribution in [0.5, 0.6) is 5.75 Å². The van der Waals surface area contributed by atoms with Gasteiger partial charge < -0.3 is 15.0 Å². The van der Waals surface area contributed by atoms with E-state index in [1.54, 1.807) is 49.4 Å². The molecule has 0 saturated heterocycles. The van der Waals surface area contributed by atoms with Crippen LogP contribution in [0.1, 0.15) is 45.6 Å². The summed E-state index contributed by atoms with van der Waals surface area (Å²) in [6, 6.07) is 11.1. The van der Waals surface area contributed by atoms with Crippen molar-refractivity contribution < 1.29 is 22.7 Å². The van der Waals surface area contributed by atoms with Gasteiger partial charge in [0.05, 0.1) is 28.6 Å². The first-order valence-electron chi connectivity index (χ1n) is 12.2. The van der Waals surface area contributed by atoms with Gasteiger partial charge in [-0.2, -0.15) is 0 Å². The van der Waals surface area contributed by atoms with Gasteiger partial charge in [0, 0.05) is 26.1 Å². The first kappa shape index (κ1) is 30.7. The van der Waals surface area contributed by atoms with Crippen LogP contribution in [0.4, 0.5) is 5.69 Å². The number of sulfonamides is 1. The van der Waals surface area contributed by atoms with E-state index in [1.165, 1.54) is 9.21 Å². The molecule has 0 aliphatic heterocycles. The molecular formula is C26H35Cl2N3O5S. The average Bonchev–Trinajstić information content (AvgIpc) is 2.85. The normalized spacial score (nSPS) is 12.1. The van der Waals surface area contributed by atoms with Gasteiger partial charge >= 0.3 is 0 Å². The molecule has 0 fully saturated rings. The fraction of sp³-hybridized carbons (Fsp3) is 0.462. The topological polar surface area (TPSA) is 96.0 Å². The van der Waals surface area contributed by atoms with E-state index in [0.717, 1.165) is 18.2 Å². The lowest BCUT2D eigenvalue weighted by molar-refractivity contribution is -0.140. The number of halogens is 2. The van der Waals surface area contributed by atoms with E-state index in [9.17, 15) is 18.0 Å². The molecule has 0 radical (unpaired) electrons. The van der Waals surface area contributed by atoms with Crippen molar-refractivity contribution >= 4 is 50.7 Å². The standard InChI is InChI=1S/C26H35Cl2N3O5S/c1-5-15-29-26(33)19(3)30(18-20-9-14-23(27)24(28)17-20)25(32)8-7-16-31(37(4,34)35)21-10-12-22(13-11-21)36-6-2/h9-14,17,19H,5-8,15-16,18H2,1-4H3,(H,29,33)/t19-/m0/s1. The molecule has 2 rings (SSSR count). The lowest BCUT2D eigenvalue weighted by Gasteiger charge is -2.29. The van der Waals surface area contributed by atoms with Crippen molar-refractivity contribution in [2.75, 3.05) is 30.3 Å². The van der Waals surface area contributed by atoms with E-state index in [1.807, 2.05) is 13.8 Å². The number of hydrogen-bond acceptors (Lipinski definition) is 5. The van der Waals surface area contributed by atoms with Crippen molar-refractivity contribution in [1.82, 2.24) is 10.2 Å². The van der Waals surface area contributed by atoms with Crippen LogP contribution >= 0.6 is 23.2 Å². The SMILES string of the molecule is CCCNC(=O)[C@H](C)N(Cc1ccc(Cl)c(Cl)c1)C(=O)CCCN(c1ccc(OCC)cc1)S(C)(=O)=O. The molecule has 0 aromatic heterocycles. The molecule has 0 aliphatic rings. The average molecular weight is 573 g/mol. The van der Waals surface area contributed by atoms with Crippen LogP contribution < -0.4 is 14.4 Å². The van der Waals surface area contributed by atoms with Gasteiger partial charge in [0.2, 0.25) is 21.8 Å². The molecule has 0 aliphatic carbocycles. The van der Waals surface area contributed by atoms with Gasteiger partial charge in [-0.15, -0.1) is 0 Å². The van der Waals surface area contributed by atoms with Crippen molar-refractivity contribution in [3.8, 4) is 5.75 Å². The number of nitrogens with zero attached hydrogens (tertiary/aromatic N) is 2. The molecule has 204 valence electrons. The zero-order chi connectivity index (χ0) is 27.6. The van der Waals surface area contributed by atoms with Crippen molar-refractivity contribution in [3.63, 3.8) is 0 Å². The Kier molecular flexibility index (Phi) is 12.0. The Labute approximate surface area is 229 Å². The zero-order valence-electron chi connectivity index (χ0n) is 21.7. The Bertz CT molecular complexity index is 1160. The Morgan fingerprint density at radius 2 is 1.73 bits per heavy atom. The molecule has 2 aromatic carbocycles. The number of carbonyl (C=O) groups excluding carboxylic acids is 2. The summed E-state index contributed by atoms with van der Waals surface area (Å²) >= 11 is 12.2. The third-order valence-corrected chi connectivity index (χ3v) is 7.57. The molecule has 0 unspecified atom stereocenters. The minimum absolute atomic E-state index is 0.0514. The van der Waals surface area contributed by atoms with E-state index < -0.39 is 16.1 Å². The Balaban J connectivity index is 2.16. The molecule has 0 bridgehead atoms. The smallest absolute Gasteiger partial charge is 0.242 e. The monoisotopic (exact) mass is 571 g/mol. The van der Waals surface area contributed by atoms with Crippen molar-refractivity contribution in [2.24, 2.45) is 0 Å². The van der Waals surface area contributed by atoms with E-state index in [-0.39, 0.29) is 37.7 Å². The van der Waals surface area contributed by atoms with Gasteiger partial charge in [0.25, 0.3) is 0 Å². The predicted molar refractivity (Wildman–Crippen MR) is 149 cm³/mol. The number of nitrogens with one attached hydrogen (secondary N) is 1. The summed E-state index contributed by atoms with van der Waals surface area (Å²) in [7, 11) is -3.58. The molecule has 1 atom stereocenters. The van der Waals surface area contributed by atoms with E-state index >= 15 is 0 Å². The molecular weight excluding hydrogens is 537 g/mol. The number of anilines is 1. The number of ether oxygens (including phenoxy) is 1. The van der Waals surface area contributed by atoms with Gasteiger partial charge in [0.15, 0.2) is 0 Å². The Morgan fingerprint density at radius 3 is 2.30 bits per heavy atom. The molecule has 1 N–H and O–H groups in total. The van der Waals surface area contributed by atoms with Crippen LogP contribution in [0.25, 0.3) is 0 Å². The van der Waals surface area contributed by atoms with Crippen molar-refractivity contribution in [3.05, 3.63) is 58.1 Å². The lowest BCUT2D eigenvalue weighted by Crippen LogP contribution is -2.47. The largest absolute Gasteiger partial charge is 0.494 e. The minimum atomic E-state index is -3.58. The highest BCUT2D eigenvalue weighted by Crippen LogP contribution is 2.25. The van der Waals surface area contributed by atoms with Crippen molar-refractivity contribution in [1.29, 1.82) is 0 Å². The molecule has 37 heavy (non-hydrogen) atoms. The minimum Gasteiger partial charge on any atom is -0.494 e. The maximum Gasteiger partial charge on any atom is 0.242 e. The summed E-state index contributed by atoms with van der Waals surface area (Å²) in [5.41, 5.74) is 1.21. The highest BCUT2D eigenvalue weighted by Gasteiger charge is 2.26. The molecule has 0 spiro atoms. The lowest BCUT2D eigenvalue weighted by atomic mass is 10.1. The summed E-state index contributed by atoms with van der Waals surface area (Å²) in [6.45, 7) is 6.76.